The lowest BCUT2D eigenvalue weighted by Gasteiger charge is -2.40. The van der Waals surface area contributed by atoms with Crippen LogP contribution >= 0.6 is 11.3 Å². The smallest absolute Gasteiger partial charge is 0.281 e. The third kappa shape index (κ3) is 3.45. The van der Waals surface area contributed by atoms with Gasteiger partial charge < -0.3 is 14.1 Å². The predicted octanol–water partition coefficient (Wildman–Crippen LogP) is 4.42. The predicted molar refractivity (Wildman–Crippen MR) is 118 cm³/mol. The number of piperazine rings is 1. The van der Waals surface area contributed by atoms with Crippen LogP contribution in [0.2, 0.25) is 0 Å². The van der Waals surface area contributed by atoms with Crippen LogP contribution in [0.25, 0.3) is 21.3 Å². The molecule has 5 heterocycles. The summed E-state index contributed by atoms with van der Waals surface area (Å²) in [6.45, 7) is 4.08. The summed E-state index contributed by atoms with van der Waals surface area (Å²) >= 11 is 1.43. The number of pyridine rings is 1. The van der Waals surface area contributed by atoms with Crippen molar-refractivity contribution in [1.82, 2.24) is 19.8 Å². The van der Waals surface area contributed by atoms with E-state index in [2.05, 4.69) is 20.9 Å². The average molecular weight is 435 g/mol. The zero-order chi connectivity index (χ0) is 20.9. The van der Waals surface area contributed by atoms with Gasteiger partial charge in [0.15, 0.2) is 0 Å². The van der Waals surface area contributed by atoms with Crippen LogP contribution in [-0.4, -0.2) is 50.8 Å². The van der Waals surface area contributed by atoms with E-state index in [9.17, 15) is 4.79 Å². The highest BCUT2D eigenvalue weighted by atomic mass is 32.1. The molecule has 0 N–H and O–H groups in total. The number of benzene rings is 1. The van der Waals surface area contributed by atoms with Gasteiger partial charge in [-0.3, -0.25) is 9.69 Å². The van der Waals surface area contributed by atoms with E-state index in [-0.39, 0.29) is 5.91 Å². The molecule has 6 rings (SSSR count). The molecule has 2 atom stereocenters. The highest BCUT2D eigenvalue weighted by Gasteiger charge is 2.40. The Balaban J connectivity index is 1.20. The van der Waals surface area contributed by atoms with E-state index in [0.29, 0.717) is 17.3 Å². The van der Waals surface area contributed by atoms with Crippen LogP contribution in [0.5, 0.6) is 10.9 Å². The number of likely N-dealkylation sites (tertiary alicyclic amines) is 1. The lowest BCUT2D eigenvalue weighted by atomic mass is 10.1. The molecule has 31 heavy (non-hydrogen) atoms. The summed E-state index contributed by atoms with van der Waals surface area (Å²) < 4.78 is 12.1. The number of amides is 1. The second kappa shape index (κ2) is 7.32. The van der Waals surface area contributed by atoms with Crippen molar-refractivity contribution in [3.63, 3.8) is 0 Å². The Morgan fingerprint density at radius 3 is 2.84 bits per heavy atom. The van der Waals surface area contributed by atoms with Crippen LogP contribution in [0, 0.1) is 0 Å². The maximum Gasteiger partial charge on any atom is 0.281 e. The molecule has 4 aromatic rings. The summed E-state index contributed by atoms with van der Waals surface area (Å²) in [6, 6.07) is 12.6. The Bertz CT molecular complexity index is 1240. The van der Waals surface area contributed by atoms with E-state index in [0.717, 1.165) is 65.3 Å². The first-order chi connectivity index (χ1) is 15.1. The van der Waals surface area contributed by atoms with Gasteiger partial charge in [0, 0.05) is 43.7 Å². The van der Waals surface area contributed by atoms with Crippen molar-refractivity contribution in [1.29, 1.82) is 0 Å². The fourth-order valence-corrected chi connectivity index (χ4v) is 5.58. The molecule has 0 spiro atoms. The molecule has 2 bridgehead atoms. The number of carbonyl (C=O) groups excluding carboxylic acids is 1. The van der Waals surface area contributed by atoms with Crippen LogP contribution in [0.3, 0.4) is 0 Å². The lowest BCUT2D eigenvalue weighted by Crippen LogP contribution is -2.54. The first-order valence-corrected chi connectivity index (χ1v) is 11.4. The van der Waals surface area contributed by atoms with Crippen molar-refractivity contribution in [2.24, 2.45) is 0 Å². The summed E-state index contributed by atoms with van der Waals surface area (Å²) in [6.07, 6.45) is 4.04. The van der Waals surface area contributed by atoms with Gasteiger partial charge in [0.1, 0.15) is 27.4 Å². The first kappa shape index (κ1) is 18.8. The second-order valence-electron chi connectivity index (χ2n) is 8.30. The molecule has 8 heteroatoms. The number of furan rings is 1. The molecule has 3 aromatic heterocycles. The van der Waals surface area contributed by atoms with Gasteiger partial charge in [-0.15, -0.1) is 0 Å². The Morgan fingerprint density at radius 2 is 2.06 bits per heavy atom. The highest BCUT2D eigenvalue weighted by Crippen LogP contribution is 2.35. The van der Waals surface area contributed by atoms with Crippen LogP contribution in [0.1, 0.15) is 25.5 Å². The molecule has 1 aromatic carbocycles. The standard InChI is InChI=1S/C23H22N4O3S/c1-14(28)26-11-16-4-5-17(12-26)27(16)13-19-10-15-9-18(6-7-21(15)29-19)30-23-25-20-3-2-8-24-22(20)31-23/h2-3,6-10,16-17H,4-5,11-13H2,1H3/t16-,17+. The molecule has 1 amide bonds. The lowest BCUT2D eigenvalue weighted by molar-refractivity contribution is -0.132. The number of nitrogens with zero attached hydrogens (tertiary/aromatic N) is 4. The van der Waals surface area contributed by atoms with Crippen LogP contribution in [0.15, 0.2) is 47.0 Å². The van der Waals surface area contributed by atoms with Crippen molar-refractivity contribution in [3.05, 3.63) is 48.4 Å². The summed E-state index contributed by atoms with van der Waals surface area (Å²) in [7, 11) is 0. The zero-order valence-corrected chi connectivity index (χ0v) is 18.0. The van der Waals surface area contributed by atoms with Crippen molar-refractivity contribution in [2.45, 2.75) is 38.4 Å². The molecule has 0 unspecified atom stereocenters. The van der Waals surface area contributed by atoms with Crippen LogP contribution in [0.4, 0.5) is 0 Å². The highest BCUT2D eigenvalue weighted by molar-refractivity contribution is 7.19. The van der Waals surface area contributed by atoms with E-state index >= 15 is 0 Å². The van der Waals surface area contributed by atoms with Crippen molar-refractivity contribution in [3.8, 4) is 10.9 Å². The zero-order valence-electron chi connectivity index (χ0n) is 17.2. The molecule has 158 valence electrons. The number of hydrogen-bond donors (Lipinski definition) is 0. The van der Waals surface area contributed by atoms with Crippen molar-refractivity contribution >= 4 is 38.6 Å². The van der Waals surface area contributed by atoms with Gasteiger partial charge >= 0.3 is 0 Å². The van der Waals surface area contributed by atoms with Crippen molar-refractivity contribution in [2.75, 3.05) is 13.1 Å². The number of thiazole rings is 1. The summed E-state index contributed by atoms with van der Waals surface area (Å²) in [5.74, 6) is 1.86. The molecular formula is C23H22N4O3S. The maximum atomic E-state index is 11.8. The van der Waals surface area contributed by atoms with Crippen LogP contribution in [-0.2, 0) is 11.3 Å². The number of aromatic nitrogens is 2. The molecule has 2 fully saturated rings. The third-order valence-corrected chi connectivity index (χ3v) is 7.17. The molecular weight excluding hydrogens is 412 g/mol. The minimum Gasteiger partial charge on any atom is -0.460 e. The summed E-state index contributed by atoms with van der Waals surface area (Å²) in [5.41, 5.74) is 1.69. The molecule has 0 radical (unpaired) electrons. The Hall–Kier alpha value is -2.97. The summed E-state index contributed by atoms with van der Waals surface area (Å²) in [4.78, 5) is 25.9. The third-order valence-electron chi connectivity index (χ3n) is 6.31. The van der Waals surface area contributed by atoms with Crippen molar-refractivity contribution < 1.29 is 13.9 Å². The largest absolute Gasteiger partial charge is 0.460 e. The van der Waals surface area contributed by atoms with Gasteiger partial charge in [-0.1, -0.05) is 11.3 Å². The topological polar surface area (TPSA) is 71.7 Å². The van der Waals surface area contributed by atoms with E-state index in [1.807, 2.05) is 35.2 Å². The number of hydrogen-bond acceptors (Lipinski definition) is 7. The first-order valence-electron chi connectivity index (χ1n) is 10.6. The number of rotatable bonds is 4. The van der Waals surface area contributed by atoms with Gasteiger partial charge in [0.25, 0.3) is 5.19 Å². The molecule has 7 nitrogen and oxygen atoms in total. The SMILES string of the molecule is CC(=O)N1C[C@H]2CC[C@@H](C1)N2Cc1cc2cc(Oc3nc4cccnc4s3)ccc2o1. The number of ether oxygens (including phenoxy) is 1. The van der Waals surface area contributed by atoms with Crippen LogP contribution < -0.4 is 4.74 Å². The maximum absolute atomic E-state index is 11.8. The fraction of sp³-hybridized carbons (Fsp3) is 0.348. The fourth-order valence-electron chi connectivity index (χ4n) is 4.80. The van der Waals surface area contributed by atoms with Gasteiger partial charge in [0.2, 0.25) is 5.91 Å². The number of carbonyl (C=O) groups is 1. The second-order valence-corrected chi connectivity index (χ2v) is 9.24. The average Bonchev–Trinajstić information content (AvgIpc) is 3.40. The van der Waals surface area contributed by atoms with Gasteiger partial charge in [-0.05, 0) is 49.2 Å². The van der Waals surface area contributed by atoms with Gasteiger partial charge in [-0.2, -0.15) is 0 Å². The van der Waals surface area contributed by atoms with Gasteiger partial charge in [-0.25, -0.2) is 9.97 Å². The minimum absolute atomic E-state index is 0.178. The monoisotopic (exact) mass is 434 g/mol. The summed E-state index contributed by atoms with van der Waals surface area (Å²) in [5, 5.41) is 1.60. The van der Waals surface area contributed by atoms with E-state index < -0.39 is 0 Å². The Labute approximate surface area is 183 Å². The number of fused-ring (bicyclic) bond motifs is 4. The van der Waals surface area contributed by atoms with E-state index in [1.165, 1.54) is 11.3 Å². The van der Waals surface area contributed by atoms with Gasteiger partial charge in [0.05, 0.1) is 6.54 Å². The molecule has 2 aliphatic rings. The Kier molecular flexibility index (Phi) is 4.43. The molecule has 2 saturated heterocycles. The minimum atomic E-state index is 0.178. The normalized spacial score (nSPS) is 21.3. The van der Waals surface area contributed by atoms with E-state index in [1.54, 1.807) is 13.1 Å². The molecule has 0 aliphatic carbocycles. The molecule has 2 aliphatic heterocycles. The Morgan fingerprint density at radius 1 is 1.23 bits per heavy atom. The molecule has 0 saturated carbocycles. The quantitative estimate of drug-likeness (QED) is 0.473. The van der Waals surface area contributed by atoms with E-state index in [4.69, 9.17) is 9.15 Å².